The van der Waals surface area contributed by atoms with Gasteiger partial charge >= 0.3 is 0 Å². The Labute approximate surface area is 93.3 Å². The van der Waals surface area contributed by atoms with Crippen molar-refractivity contribution in [3.63, 3.8) is 0 Å². The van der Waals surface area contributed by atoms with Crippen LogP contribution in [-0.4, -0.2) is 20.4 Å². The van der Waals surface area contributed by atoms with Crippen LogP contribution >= 0.6 is 0 Å². The second kappa shape index (κ2) is 5.39. The highest BCUT2D eigenvalue weighted by Crippen LogP contribution is 2.28. The van der Waals surface area contributed by atoms with Gasteiger partial charge in [-0.3, -0.25) is 4.99 Å². The average molecular weight is 225 g/mol. The third-order valence-electron chi connectivity index (χ3n) is 2.17. The van der Waals surface area contributed by atoms with Crippen LogP contribution in [0, 0.1) is 5.82 Å². The molecule has 0 aliphatic carbocycles. The Morgan fingerprint density at radius 1 is 1.44 bits per heavy atom. The van der Waals surface area contributed by atoms with E-state index in [1.54, 1.807) is 6.92 Å². The van der Waals surface area contributed by atoms with Gasteiger partial charge in [-0.1, -0.05) is 0 Å². The van der Waals surface area contributed by atoms with Gasteiger partial charge in [0.15, 0.2) is 0 Å². The minimum atomic E-state index is -0.508. The Kier molecular flexibility index (Phi) is 4.17. The van der Waals surface area contributed by atoms with Crippen LogP contribution in [0.25, 0.3) is 5.57 Å². The molecule has 0 aliphatic heterocycles. The lowest BCUT2D eigenvalue weighted by atomic mass is 10.1. The fourth-order valence-electron chi connectivity index (χ4n) is 1.31. The highest BCUT2D eigenvalue weighted by atomic mass is 19.1. The first-order valence-corrected chi connectivity index (χ1v) is 4.72. The Hall–Kier alpha value is -1.71. The maximum absolute atomic E-state index is 13.5. The van der Waals surface area contributed by atoms with Gasteiger partial charge in [0.25, 0.3) is 0 Å². The van der Waals surface area contributed by atoms with Crippen molar-refractivity contribution in [3.05, 3.63) is 35.4 Å². The molecule has 1 rings (SSSR count). The van der Waals surface area contributed by atoms with Gasteiger partial charge in [0.1, 0.15) is 17.4 Å². The van der Waals surface area contributed by atoms with Gasteiger partial charge < -0.3 is 4.74 Å². The molecular weight excluding hydrogens is 212 g/mol. The van der Waals surface area contributed by atoms with Crippen LogP contribution in [0.2, 0.25) is 0 Å². The first-order valence-electron chi connectivity index (χ1n) is 4.72. The van der Waals surface area contributed by atoms with E-state index in [0.717, 1.165) is 6.21 Å². The van der Waals surface area contributed by atoms with Gasteiger partial charge in [-0.2, -0.15) is 0 Å². The standard InChI is InChI=1S/C12H13F2NO/c1-8(11(14)7-15-2)10-6-9(13)4-5-12(10)16-3/h4-7H,1-3H3/b11-8-,15-7-. The number of halogens is 2. The predicted octanol–water partition coefficient (Wildman–Crippen LogP) is 3.24. The van der Waals surface area contributed by atoms with E-state index in [0.29, 0.717) is 16.9 Å². The molecule has 16 heavy (non-hydrogen) atoms. The molecule has 0 aliphatic rings. The Bertz CT molecular complexity index is 439. The molecule has 0 aromatic heterocycles. The summed E-state index contributed by atoms with van der Waals surface area (Å²) in [6, 6.07) is 3.96. The molecule has 1 aromatic carbocycles. The largest absolute Gasteiger partial charge is 0.496 e. The SMILES string of the molecule is C/N=C\C(F)=C(/C)c1cc(F)ccc1OC. The lowest BCUT2D eigenvalue weighted by molar-refractivity contribution is 0.412. The van der Waals surface area contributed by atoms with Crippen LogP contribution in [0.1, 0.15) is 12.5 Å². The fourth-order valence-corrected chi connectivity index (χ4v) is 1.31. The van der Waals surface area contributed by atoms with Crippen molar-refractivity contribution >= 4 is 11.8 Å². The predicted molar refractivity (Wildman–Crippen MR) is 61.1 cm³/mol. The molecule has 0 unspecified atom stereocenters. The van der Waals surface area contributed by atoms with Crippen molar-refractivity contribution in [2.75, 3.05) is 14.2 Å². The van der Waals surface area contributed by atoms with Crippen molar-refractivity contribution in [1.29, 1.82) is 0 Å². The summed E-state index contributed by atoms with van der Waals surface area (Å²) in [7, 11) is 2.92. The number of benzene rings is 1. The van der Waals surface area contributed by atoms with Crippen molar-refractivity contribution in [2.45, 2.75) is 6.92 Å². The number of methoxy groups -OCH3 is 1. The van der Waals surface area contributed by atoms with Crippen molar-refractivity contribution in [3.8, 4) is 5.75 Å². The molecule has 0 bridgehead atoms. The van der Waals surface area contributed by atoms with E-state index in [9.17, 15) is 8.78 Å². The lowest BCUT2D eigenvalue weighted by Crippen LogP contribution is -1.93. The van der Waals surface area contributed by atoms with Crippen molar-refractivity contribution in [2.24, 2.45) is 4.99 Å². The molecule has 0 saturated heterocycles. The number of hydrogen-bond acceptors (Lipinski definition) is 2. The molecule has 0 heterocycles. The molecule has 0 saturated carbocycles. The molecule has 0 radical (unpaired) electrons. The normalized spacial score (nSPS) is 12.8. The summed E-state index contributed by atoms with van der Waals surface area (Å²) in [4.78, 5) is 3.57. The Balaban J connectivity index is 3.31. The first kappa shape index (κ1) is 12.4. The summed E-state index contributed by atoms with van der Waals surface area (Å²) in [6.45, 7) is 1.55. The highest BCUT2D eigenvalue weighted by Gasteiger charge is 2.09. The monoisotopic (exact) mass is 225 g/mol. The second-order valence-corrected chi connectivity index (χ2v) is 3.20. The zero-order valence-corrected chi connectivity index (χ0v) is 9.42. The molecule has 4 heteroatoms. The average Bonchev–Trinajstić information content (AvgIpc) is 2.28. The van der Waals surface area contributed by atoms with Crippen LogP contribution in [0.5, 0.6) is 5.75 Å². The third-order valence-corrected chi connectivity index (χ3v) is 2.17. The van der Waals surface area contributed by atoms with Crippen molar-refractivity contribution in [1.82, 2.24) is 0 Å². The Morgan fingerprint density at radius 2 is 2.12 bits per heavy atom. The molecule has 0 spiro atoms. The first-order chi connectivity index (χ1) is 7.60. The maximum atomic E-state index is 13.5. The van der Waals surface area contributed by atoms with Gasteiger partial charge in [-0.15, -0.1) is 0 Å². The number of rotatable bonds is 3. The number of allylic oxidation sites excluding steroid dienone is 2. The number of hydrogen-bond donors (Lipinski definition) is 0. The maximum Gasteiger partial charge on any atom is 0.144 e. The molecule has 1 aromatic rings. The van der Waals surface area contributed by atoms with Crippen LogP contribution < -0.4 is 4.74 Å². The van der Waals surface area contributed by atoms with E-state index in [-0.39, 0.29) is 0 Å². The van der Waals surface area contributed by atoms with Gasteiger partial charge in [0.05, 0.1) is 13.3 Å². The second-order valence-electron chi connectivity index (χ2n) is 3.20. The van der Waals surface area contributed by atoms with E-state index < -0.39 is 11.6 Å². The van der Waals surface area contributed by atoms with Crippen LogP contribution in [-0.2, 0) is 0 Å². The van der Waals surface area contributed by atoms with E-state index >= 15 is 0 Å². The summed E-state index contributed by atoms with van der Waals surface area (Å²) < 4.78 is 31.6. The third kappa shape index (κ3) is 2.66. The molecular formula is C12H13F2NO. The number of aliphatic imine (C=N–C) groups is 1. The summed E-state index contributed by atoms with van der Waals surface area (Å²) in [5.74, 6) is -0.513. The quantitative estimate of drug-likeness (QED) is 0.724. The fraction of sp³-hybridized carbons (Fsp3) is 0.250. The zero-order chi connectivity index (χ0) is 12.1. The molecule has 0 atom stereocenters. The van der Waals surface area contributed by atoms with E-state index in [2.05, 4.69) is 4.99 Å². The summed E-state index contributed by atoms with van der Waals surface area (Å²) in [5.41, 5.74) is 0.682. The van der Waals surface area contributed by atoms with E-state index in [4.69, 9.17) is 4.74 Å². The zero-order valence-electron chi connectivity index (χ0n) is 9.42. The molecule has 0 fully saturated rings. The molecule has 86 valence electrons. The summed E-state index contributed by atoms with van der Waals surface area (Å²) >= 11 is 0. The van der Waals surface area contributed by atoms with Gasteiger partial charge in [0.2, 0.25) is 0 Å². The molecule has 2 nitrogen and oxygen atoms in total. The van der Waals surface area contributed by atoms with Gasteiger partial charge in [-0.05, 0) is 30.7 Å². The number of nitrogens with zero attached hydrogens (tertiary/aromatic N) is 1. The number of ether oxygens (including phenoxy) is 1. The van der Waals surface area contributed by atoms with Crippen molar-refractivity contribution < 1.29 is 13.5 Å². The van der Waals surface area contributed by atoms with Gasteiger partial charge in [0, 0.05) is 12.6 Å². The minimum absolute atomic E-state index is 0.293. The highest BCUT2D eigenvalue weighted by molar-refractivity contribution is 5.89. The topological polar surface area (TPSA) is 21.6 Å². The summed E-state index contributed by atoms with van der Waals surface area (Å²) in [6.07, 6.45) is 1.08. The van der Waals surface area contributed by atoms with Crippen LogP contribution in [0.4, 0.5) is 8.78 Å². The Morgan fingerprint density at radius 3 is 2.69 bits per heavy atom. The minimum Gasteiger partial charge on any atom is -0.496 e. The lowest BCUT2D eigenvalue weighted by Gasteiger charge is -2.08. The molecule has 0 N–H and O–H groups in total. The van der Waals surface area contributed by atoms with E-state index in [1.165, 1.54) is 32.4 Å². The molecule has 0 amide bonds. The van der Waals surface area contributed by atoms with E-state index in [1.807, 2.05) is 0 Å². The summed E-state index contributed by atoms with van der Waals surface area (Å²) in [5, 5.41) is 0. The van der Waals surface area contributed by atoms with Crippen LogP contribution in [0.3, 0.4) is 0 Å². The smallest absolute Gasteiger partial charge is 0.144 e. The van der Waals surface area contributed by atoms with Gasteiger partial charge in [-0.25, -0.2) is 8.78 Å². The van der Waals surface area contributed by atoms with Crippen LogP contribution in [0.15, 0.2) is 29.0 Å².